The van der Waals surface area contributed by atoms with Gasteiger partial charge < -0.3 is 4.90 Å². The van der Waals surface area contributed by atoms with E-state index in [-0.39, 0.29) is 11.2 Å². The van der Waals surface area contributed by atoms with E-state index in [1.54, 1.807) is 12.1 Å². The quantitative estimate of drug-likeness (QED) is 0.620. The minimum Gasteiger partial charge on any atom is -0.368 e. The van der Waals surface area contributed by atoms with E-state index in [2.05, 4.69) is 72.5 Å². The third-order valence-corrected chi connectivity index (χ3v) is 5.43. The molecule has 1 saturated heterocycles. The van der Waals surface area contributed by atoms with Crippen molar-refractivity contribution < 1.29 is 4.39 Å². The Hall–Kier alpha value is -2.61. The number of hydrogen-bond acceptors (Lipinski definition) is 1. The number of hydrogen-bond donors (Lipinski definition) is 0. The first-order valence-corrected chi connectivity index (χ1v) is 8.82. The molecule has 0 aromatic heterocycles. The minimum atomic E-state index is -0.187. The first kappa shape index (κ1) is 15.9. The zero-order valence-electron chi connectivity index (χ0n) is 14.4. The molecule has 1 heterocycles. The molecule has 1 aliphatic rings. The van der Waals surface area contributed by atoms with Crippen LogP contribution in [0.25, 0.3) is 0 Å². The summed E-state index contributed by atoms with van der Waals surface area (Å²) in [5, 5.41) is 0. The fraction of sp³-hybridized carbons (Fsp3) is 0.217. The largest absolute Gasteiger partial charge is 0.368 e. The Morgan fingerprint density at radius 1 is 0.800 bits per heavy atom. The third-order valence-electron chi connectivity index (χ3n) is 5.43. The molecule has 2 heteroatoms. The first-order valence-electron chi connectivity index (χ1n) is 8.82. The van der Waals surface area contributed by atoms with E-state index in [1.807, 2.05) is 12.1 Å². The van der Waals surface area contributed by atoms with E-state index in [0.29, 0.717) is 6.04 Å². The number of rotatable bonds is 3. The summed E-state index contributed by atoms with van der Waals surface area (Å²) in [4.78, 5) is 2.40. The molecule has 0 aliphatic carbocycles. The predicted molar refractivity (Wildman–Crippen MR) is 101 cm³/mol. The van der Waals surface area contributed by atoms with Gasteiger partial charge >= 0.3 is 0 Å². The normalized spacial score (nSPS) is 19.1. The van der Waals surface area contributed by atoms with E-state index in [9.17, 15) is 4.39 Å². The fourth-order valence-electron chi connectivity index (χ4n) is 4.20. The second-order valence-corrected chi connectivity index (χ2v) is 6.97. The van der Waals surface area contributed by atoms with Gasteiger partial charge in [-0.2, -0.15) is 0 Å². The lowest BCUT2D eigenvalue weighted by Gasteiger charge is -2.31. The summed E-state index contributed by atoms with van der Waals surface area (Å²) in [7, 11) is 0. The summed E-state index contributed by atoms with van der Waals surface area (Å²) in [5.74, 6) is -0.187. The molecule has 0 saturated carbocycles. The highest BCUT2D eigenvalue weighted by Crippen LogP contribution is 2.45. The lowest BCUT2D eigenvalue weighted by molar-refractivity contribution is 0.555. The van der Waals surface area contributed by atoms with Crippen molar-refractivity contribution in [3.8, 4) is 0 Å². The van der Waals surface area contributed by atoms with Gasteiger partial charge in [-0.15, -0.1) is 0 Å². The van der Waals surface area contributed by atoms with E-state index >= 15 is 0 Å². The topological polar surface area (TPSA) is 3.24 Å². The van der Waals surface area contributed by atoms with Crippen LogP contribution < -0.4 is 4.90 Å². The molecular formula is C23H22FN. The van der Waals surface area contributed by atoms with Crippen molar-refractivity contribution in [1.29, 1.82) is 0 Å². The Morgan fingerprint density at radius 3 is 1.84 bits per heavy atom. The maximum absolute atomic E-state index is 13.3. The van der Waals surface area contributed by atoms with Gasteiger partial charge in [0.05, 0.1) is 0 Å². The third kappa shape index (κ3) is 2.82. The first-order chi connectivity index (χ1) is 12.2. The fourth-order valence-corrected chi connectivity index (χ4v) is 4.20. The second kappa shape index (κ2) is 6.36. The number of benzene rings is 3. The lowest BCUT2D eigenvalue weighted by Crippen LogP contribution is -2.33. The van der Waals surface area contributed by atoms with Gasteiger partial charge in [0, 0.05) is 23.7 Å². The molecule has 1 unspecified atom stereocenters. The van der Waals surface area contributed by atoms with Gasteiger partial charge in [-0.1, -0.05) is 60.7 Å². The van der Waals surface area contributed by atoms with Crippen LogP contribution in [0, 0.1) is 5.82 Å². The van der Waals surface area contributed by atoms with Crippen molar-refractivity contribution in [3.63, 3.8) is 0 Å². The van der Waals surface area contributed by atoms with Crippen LogP contribution in [0.2, 0.25) is 0 Å². The Bertz CT molecular complexity index is 787. The number of halogens is 1. The molecule has 1 aliphatic heterocycles. The van der Waals surface area contributed by atoms with E-state index in [0.717, 1.165) is 18.7 Å². The molecule has 0 N–H and O–H groups in total. The summed E-state index contributed by atoms with van der Waals surface area (Å²) in [5.41, 5.74) is 3.73. The number of anilines is 1. The van der Waals surface area contributed by atoms with E-state index < -0.39 is 0 Å². The zero-order valence-corrected chi connectivity index (χ0v) is 14.4. The second-order valence-electron chi connectivity index (χ2n) is 6.97. The molecule has 3 aromatic rings. The molecule has 3 aromatic carbocycles. The van der Waals surface area contributed by atoms with Gasteiger partial charge in [-0.25, -0.2) is 4.39 Å². The van der Waals surface area contributed by atoms with Crippen LogP contribution in [0.15, 0.2) is 84.9 Å². The summed E-state index contributed by atoms with van der Waals surface area (Å²) < 4.78 is 13.3. The maximum Gasteiger partial charge on any atom is 0.123 e. The molecule has 126 valence electrons. The van der Waals surface area contributed by atoms with Gasteiger partial charge in [0.25, 0.3) is 0 Å². The highest BCUT2D eigenvalue weighted by Gasteiger charge is 2.44. The van der Waals surface area contributed by atoms with Gasteiger partial charge in [-0.3, -0.25) is 0 Å². The van der Waals surface area contributed by atoms with Crippen LogP contribution >= 0.6 is 0 Å². The smallest absolute Gasteiger partial charge is 0.123 e. The molecular weight excluding hydrogens is 309 g/mol. The molecule has 0 radical (unpaired) electrons. The molecule has 0 spiro atoms. The van der Waals surface area contributed by atoms with Crippen LogP contribution in [0.1, 0.15) is 24.5 Å². The predicted octanol–water partition coefficient (Wildman–Crippen LogP) is 5.41. The van der Waals surface area contributed by atoms with Gasteiger partial charge in [0.1, 0.15) is 5.82 Å². The van der Waals surface area contributed by atoms with E-state index in [1.165, 1.54) is 11.1 Å². The highest BCUT2D eigenvalue weighted by atomic mass is 19.1. The molecule has 1 nitrogen and oxygen atoms in total. The Labute approximate surface area is 148 Å². The number of nitrogens with zero attached hydrogens (tertiary/aromatic N) is 1. The monoisotopic (exact) mass is 331 g/mol. The average molecular weight is 331 g/mol. The Kier molecular flexibility index (Phi) is 4.04. The van der Waals surface area contributed by atoms with Crippen molar-refractivity contribution >= 4 is 5.69 Å². The Morgan fingerprint density at radius 2 is 1.32 bits per heavy atom. The van der Waals surface area contributed by atoms with Crippen molar-refractivity contribution in [3.05, 3.63) is 102 Å². The van der Waals surface area contributed by atoms with Crippen LogP contribution in [-0.4, -0.2) is 12.6 Å². The molecule has 0 bridgehead atoms. The maximum atomic E-state index is 13.3. The highest BCUT2D eigenvalue weighted by molar-refractivity contribution is 5.54. The lowest BCUT2D eigenvalue weighted by atomic mass is 9.73. The molecule has 1 atom stereocenters. The van der Waals surface area contributed by atoms with Crippen LogP contribution in [0.4, 0.5) is 10.1 Å². The van der Waals surface area contributed by atoms with Crippen molar-refractivity contribution in [2.45, 2.75) is 24.8 Å². The standard InChI is InChI=1S/C23H22FN/c1-18-16-23(19-8-4-2-5-9-19,20-10-6-3-7-11-20)17-25(18)22-14-12-21(24)13-15-22/h2-15,18H,16-17H2,1H3. The van der Waals surface area contributed by atoms with Gasteiger partial charge in [0.2, 0.25) is 0 Å². The molecule has 1 fully saturated rings. The molecule has 25 heavy (non-hydrogen) atoms. The van der Waals surface area contributed by atoms with Crippen molar-refractivity contribution in [2.75, 3.05) is 11.4 Å². The average Bonchev–Trinajstić information content (AvgIpc) is 3.02. The van der Waals surface area contributed by atoms with Crippen LogP contribution in [-0.2, 0) is 5.41 Å². The van der Waals surface area contributed by atoms with E-state index in [4.69, 9.17) is 0 Å². The van der Waals surface area contributed by atoms with Gasteiger partial charge in [-0.05, 0) is 48.7 Å². The van der Waals surface area contributed by atoms with Gasteiger partial charge in [0.15, 0.2) is 0 Å². The molecule has 0 amide bonds. The summed E-state index contributed by atoms with van der Waals surface area (Å²) in [6.07, 6.45) is 1.04. The summed E-state index contributed by atoms with van der Waals surface area (Å²) in [6, 6.07) is 28.8. The van der Waals surface area contributed by atoms with Crippen molar-refractivity contribution in [2.24, 2.45) is 0 Å². The Balaban J connectivity index is 1.79. The van der Waals surface area contributed by atoms with Crippen molar-refractivity contribution in [1.82, 2.24) is 0 Å². The summed E-state index contributed by atoms with van der Waals surface area (Å²) >= 11 is 0. The SMILES string of the molecule is CC1CC(c2ccccc2)(c2ccccc2)CN1c1ccc(F)cc1. The zero-order chi connectivity index (χ0) is 17.3. The van der Waals surface area contributed by atoms with Crippen LogP contribution in [0.5, 0.6) is 0 Å². The summed E-state index contributed by atoms with van der Waals surface area (Å²) in [6.45, 7) is 3.16. The minimum absolute atomic E-state index is 0.0453. The van der Waals surface area contributed by atoms with Crippen LogP contribution in [0.3, 0.4) is 0 Å². The molecule has 4 rings (SSSR count).